The number of fused-ring (bicyclic) bond motifs is 1. The van der Waals surface area contributed by atoms with Gasteiger partial charge >= 0.3 is 0 Å². The van der Waals surface area contributed by atoms with Gasteiger partial charge in [-0.2, -0.15) is 0 Å². The van der Waals surface area contributed by atoms with E-state index in [9.17, 15) is 4.79 Å². The Morgan fingerprint density at radius 3 is 2.76 bits per heavy atom. The van der Waals surface area contributed by atoms with Crippen molar-refractivity contribution in [3.63, 3.8) is 0 Å². The third-order valence-electron chi connectivity index (χ3n) is 5.17. The average Bonchev–Trinajstić information content (AvgIpc) is 2.99. The topological polar surface area (TPSA) is 32.3 Å². The van der Waals surface area contributed by atoms with Gasteiger partial charge in [0.25, 0.3) is 5.91 Å². The smallest absolute Gasteiger partial charge is 0.254 e. The Hall–Kier alpha value is -1.35. The summed E-state index contributed by atoms with van der Waals surface area (Å²) in [5, 5.41) is 3.46. The predicted molar refractivity (Wildman–Crippen MR) is 85.5 cm³/mol. The van der Waals surface area contributed by atoms with Gasteiger partial charge in [0.05, 0.1) is 0 Å². The minimum Gasteiger partial charge on any atom is -0.337 e. The lowest BCUT2D eigenvalue weighted by atomic mass is 9.97. The fourth-order valence-corrected chi connectivity index (χ4v) is 3.93. The Morgan fingerprint density at radius 1 is 1.24 bits per heavy atom. The van der Waals surface area contributed by atoms with Crippen LogP contribution in [0.15, 0.2) is 24.3 Å². The standard InChI is InChI=1S/C18H26N2O/c1-19-17(15-8-2-3-9-15)13-20-12-6-10-14-7-4-5-11-16(14)18(20)21/h4-5,7,11,15,17,19H,2-3,6,8-10,12-13H2,1H3. The Morgan fingerprint density at radius 2 is 2.00 bits per heavy atom. The first-order valence-corrected chi connectivity index (χ1v) is 8.34. The molecule has 0 radical (unpaired) electrons. The van der Waals surface area contributed by atoms with E-state index in [0.29, 0.717) is 6.04 Å². The van der Waals surface area contributed by atoms with Crippen molar-refractivity contribution in [2.75, 3.05) is 20.1 Å². The van der Waals surface area contributed by atoms with Gasteiger partial charge < -0.3 is 10.2 Å². The van der Waals surface area contributed by atoms with E-state index >= 15 is 0 Å². The number of nitrogens with zero attached hydrogens (tertiary/aromatic N) is 1. The van der Waals surface area contributed by atoms with Gasteiger partial charge in [0.15, 0.2) is 0 Å². The van der Waals surface area contributed by atoms with Gasteiger partial charge in [0.1, 0.15) is 0 Å². The summed E-state index contributed by atoms with van der Waals surface area (Å²) in [6, 6.07) is 8.55. The number of rotatable bonds is 4. The van der Waals surface area contributed by atoms with Crippen LogP contribution in [0.3, 0.4) is 0 Å². The summed E-state index contributed by atoms with van der Waals surface area (Å²) in [7, 11) is 2.04. The van der Waals surface area contributed by atoms with E-state index in [-0.39, 0.29) is 5.91 Å². The van der Waals surface area contributed by atoms with Gasteiger partial charge in [-0.15, -0.1) is 0 Å². The van der Waals surface area contributed by atoms with E-state index in [4.69, 9.17) is 0 Å². The summed E-state index contributed by atoms with van der Waals surface area (Å²) in [6.45, 7) is 1.74. The number of hydrogen-bond acceptors (Lipinski definition) is 2. The van der Waals surface area contributed by atoms with E-state index < -0.39 is 0 Å². The highest BCUT2D eigenvalue weighted by atomic mass is 16.2. The second-order valence-electron chi connectivity index (χ2n) is 6.45. The fourth-order valence-electron chi connectivity index (χ4n) is 3.93. The molecule has 3 nitrogen and oxygen atoms in total. The second kappa shape index (κ2) is 6.61. The molecule has 1 aliphatic carbocycles. The zero-order chi connectivity index (χ0) is 14.7. The van der Waals surface area contributed by atoms with Crippen molar-refractivity contribution in [1.82, 2.24) is 10.2 Å². The van der Waals surface area contributed by atoms with Crippen LogP contribution in [-0.4, -0.2) is 37.0 Å². The number of hydrogen-bond donors (Lipinski definition) is 1. The molecule has 1 amide bonds. The predicted octanol–water partition coefficient (Wildman–Crippen LogP) is 2.85. The first-order valence-electron chi connectivity index (χ1n) is 8.34. The SMILES string of the molecule is CNC(CN1CCCc2ccccc2C1=O)C1CCCC1. The molecule has 1 atom stereocenters. The number of likely N-dealkylation sites (N-methyl/N-ethyl adjacent to an activating group) is 1. The van der Waals surface area contributed by atoms with Crippen LogP contribution in [0, 0.1) is 5.92 Å². The molecule has 1 fully saturated rings. The summed E-state index contributed by atoms with van der Waals surface area (Å²) in [5.41, 5.74) is 2.13. The molecule has 0 aromatic heterocycles. The Bertz CT molecular complexity index is 494. The van der Waals surface area contributed by atoms with Gasteiger partial charge in [0, 0.05) is 24.7 Å². The van der Waals surface area contributed by atoms with Crippen LogP contribution in [0.1, 0.15) is 48.0 Å². The van der Waals surface area contributed by atoms with Gasteiger partial charge in [-0.25, -0.2) is 0 Å². The highest BCUT2D eigenvalue weighted by molar-refractivity contribution is 5.96. The normalized spacial score (nSPS) is 21.2. The summed E-state index contributed by atoms with van der Waals surface area (Å²) in [6.07, 6.45) is 7.41. The van der Waals surface area contributed by atoms with Crippen LogP contribution < -0.4 is 5.32 Å². The maximum atomic E-state index is 12.8. The zero-order valence-corrected chi connectivity index (χ0v) is 13.0. The lowest BCUT2D eigenvalue weighted by Gasteiger charge is -2.30. The summed E-state index contributed by atoms with van der Waals surface area (Å²) in [4.78, 5) is 14.9. The lowest BCUT2D eigenvalue weighted by Crippen LogP contribution is -2.45. The quantitative estimate of drug-likeness (QED) is 0.923. The molecule has 114 valence electrons. The molecular formula is C18H26N2O. The molecule has 3 heteroatoms. The van der Waals surface area contributed by atoms with Crippen molar-refractivity contribution < 1.29 is 4.79 Å². The third-order valence-corrected chi connectivity index (χ3v) is 5.17. The van der Waals surface area contributed by atoms with Crippen LogP contribution in [0.25, 0.3) is 0 Å². The van der Waals surface area contributed by atoms with E-state index in [2.05, 4.69) is 16.3 Å². The Kier molecular flexibility index (Phi) is 4.59. The van der Waals surface area contributed by atoms with Crippen molar-refractivity contribution >= 4 is 5.91 Å². The average molecular weight is 286 g/mol. The van der Waals surface area contributed by atoms with Crippen LogP contribution >= 0.6 is 0 Å². The van der Waals surface area contributed by atoms with Crippen molar-refractivity contribution in [2.24, 2.45) is 5.92 Å². The Labute approximate surface area is 127 Å². The largest absolute Gasteiger partial charge is 0.337 e. The monoisotopic (exact) mass is 286 g/mol. The summed E-state index contributed by atoms with van der Waals surface area (Å²) in [5.74, 6) is 0.961. The van der Waals surface area contributed by atoms with Gasteiger partial charge in [0.2, 0.25) is 0 Å². The van der Waals surface area contributed by atoms with Crippen molar-refractivity contribution in [1.29, 1.82) is 0 Å². The van der Waals surface area contributed by atoms with Crippen molar-refractivity contribution in [3.05, 3.63) is 35.4 Å². The number of amides is 1. The molecule has 1 aromatic carbocycles. The molecular weight excluding hydrogens is 260 g/mol. The number of carbonyl (C=O) groups excluding carboxylic acids is 1. The minimum atomic E-state index is 0.223. The number of benzene rings is 1. The Balaban J connectivity index is 1.74. The van der Waals surface area contributed by atoms with Crippen LogP contribution in [-0.2, 0) is 6.42 Å². The lowest BCUT2D eigenvalue weighted by molar-refractivity contribution is 0.0731. The molecule has 21 heavy (non-hydrogen) atoms. The van der Waals surface area contributed by atoms with E-state index in [1.54, 1.807) is 0 Å². The third kappa shape index (κ3) is 3.13. The molecule has 1 aliphatic heterocycles. The molecule has 1 aromatic rings. The van der Waals surface area contributed by atoms with E-state index in [0.717, 1.165) is 37.4 Å². The van der Waals surface area contributed by atoms with Crippen molar-refractivity contribution in [2.45, 2.75) is 44.6 Å². The molecule has 1 N–H and O–H groups in total. The van der Waals surface area contributed by atoms with Crippen LogP contribution in [0.4, 0.5) is 0 Å². The molecule has 0 spiro atoms. The number of aryl methyl sites for hydroxylation is 1. The molecule has 2 aliphatic rings. The maximum absolute atomic E-state index is 12.8. The van der Waals surface area contributed by atoms with Gasteiger partial charge in [-0.05, 0) is 50.3 Å². The maximum Gasteiger partial charge on any atom is 0.254 e. The zero-order valence-electron chi connectivity index (χ0n) is 13.0. The highest BCUT2D eigenvalue weighted by Gasteiger charge is 2.29. The van der Waals surface area contributed by atoms with Crippen LogP contribution in [0.5, 0.6) is 0 Å². The number of nitrogens with one attached hydrogen (secondary N) is 1. The summed E-state index contributed by atoms with van der Waals surface area (Å²) >= 11 is 0. The minimum absolute atomic E-state index is 0.223. The molecule has 0 saturated heterocycles. The molecule has 0 bridgehead atoms. The van der Waals surface area contributed by atoms with Crippen molar-refractivity contribution in [3.8, 4) is 0 Å². The fraction of sp³-hybridized carbons (Fsp3) is 0.611. The summed E-state index contributed by atoms with van der Waals surface area (Å²) < 4.78 is 0. The first kappa shape index (κ1) is 14.6. The molecule has 1 heterocycles. The highest BCUT2D eigenvalue weighted by Crippen LogP contribution is 2.28. The van der Waals surface area contributed by atoms with Gasteiger partial charge in [-0.1, -0.05) is 31.0 Å². The second-order valence-corrected chi connectivity index (χ2v) is 6.45. The number of carbonyl (C=O) groups is 1. The van der Waals surface area contributed by atoms with E-state index in [1.807, 2.05) is 25.2 Å². The molecule has 3 rings (SSSR count). The van der Waals surface area contributed by atoms with E-state index in [1.165, 1.54) is 31.2 Å². The van der Waals surface area contributed by atoms with Gasteiger partial charge in [-0.3, -0.25) is 4.79 Å². The molecule has 1 saturated carbocycles. The first-order chi connectivity index (χ1) is 10.3. The van der Waals surface area contributed by atoms with Crippen LogP contribution in [0.2, 0.25) is 0 Å². The molecule has 1 unspecified atom stereocenters.